The quantitative estimate of drug-likeness (QED) is 0.519. The number of hydrogen-bond donors (Lipinski definition) is 4. The first-order chi connectivity index (χ1) is 8.51. The van der Waals surface area contributed by atoms with E-state index in [1.165, 1.54) is 0 Å². The zero-order chi connectivity index (χ0) is 13.7. The van der Waals surface area contributed by atoms with Crippen molar-refractivity contribution >= 4 is 5.97 Å². The number of carboxylic acids is 1. The molecule has 0 aromatic rings. The third-order valence-electron chi connectivity index (χ3n) is 3.54. The first-order valence-electron chi connectivity index (χ1n) is 6.56. The van der Waals surface area contributed by atoms with E-state index in [0.29, 0.717) is 12.8 Å². The van der Waals surface area contributed by atoms with E-state index < -0.39 is 24.2 Å². The molecule has 0 bridgehead atoms. The molecule has 1 rings (SSSR count). The normalized spacial score (nSPS) is 31.7. The van der Waals surface area contributed by atoms with Gasteiger partial charge in [-0.05, 0) is 25.7 Å². The molecule has 0 saturated carbocycles. The van der Waals surface area contributed by atoms with Crippen LogP contribution < -0.4 is 11.1 Å². The monoisotopic (exact) mass is 256 g/mol. The molecular formula is C13H24N2O3. The average Bonchev–Trinajstić information content (AvgIpc) is 2.73. The molecule has 1 aliphatic rings. The number of nitrogens with one attached hydrogen (secondary N) is 1. The van der Waals surface area contributed by atoms with Gasteiger partial charge in [0.25, 0.3) is 0 Å². The minimum Gasteiger partial charge on any atom is -0.480 e. The molecule has 5 nitrogen and oxygen atoms in total. The molecule has 104 valence electrons. The Morgan fingerprint density at radius 1 is 1.61 bits per heavy atom. The van der Waals surface area contributed by atoms with Crippen LogP contribution in [0.1, 0.15) is 33.1 Å². The van der Waals surface area contributed by atoms with Crippen molar-refractivity contribution < 1.29 is 15.0 Å². The highest BCUT2D eigenvalue weighted by atomic mass is 16.4. The van der Waals surface area contributed by atoms with Gasteiger partial charge in [-0.3, -0.25) is 10.1 Å². The summed E-state index contributed by atoms with van der Waals surface area (Å²) in [5.74, 6) is -0.790. The molecule has 0 radical (unpaired) electrons. The van der Waals surface area contributed by atoms with Crippen molar-refractivity contribution in [1.82, 2.24) is 5.32 Å². The molecule has 1 aliphatic heterocycles. The van der Waals surface area contributed by atoms with E-state index in [1.54, 1.807) is 0 Å². The van der Waals surface area contributed by atoms with E-state index in [1.807, 2.05) is 26.0 Å². The van der Waals surface area contributed by atoms with Crippen molar-refractivity contribution in [1.29, 1.82) is 0 Å². The van der Waals surface area contributed by atoms with Gasteiger partial charge in [-0.1, -0.05) is 25.5 Å². The minimum atomic E-state index is -0.857. The summed E-state index contributed by atoms with van der Waals surface area (Å²) in [4.78, 5) is 11.0. The number of aliphatic hydroxyl groups excluding tert-OH is 1. The van der Waals surface area contributed by atoms with Crippen LogP contribution in [-0.4, -0.2) is 40.4 Å². The van der Waals surface area contributed by atoms with Crippen LogP contribution in [0.15, 0.2) is 12.2 Å². The number of rotatable bonds is 6. The molecule has 1 saturated heterocycles. The van der Waals surface area contributed by atoms with E-state index in [4.69, 9.17) is 10.8 Å². The maximum Gasteiger partial charge on any atom is 0.320 e. The summed E-state index contributed by atoms with van der Waals surface area (Å²) in [7, 11) is 0. The highest BCUT2D eigenvalue weighted by Gasteiger charge is 2.40. The van der Waals surface area contributed by atoms with Crippen molar-refractivity contribution in [2.75, 3.05) is 0 Å². The van der Waals surface area contributed by atoms with Crippen molar-refractivity contribution in [3.63, 3.8) is 0 Å². The van der Waals surface area contributed by atoms with Crippen molar-refractivity contribution in [3.8, 4) is 0 Å². The van der Waals surface area contributed by atoms with Gasteiger partial charge in [-0.25, -0.2) is 0 Å². The third kappa shape index (κ3) is 3.54. The largest absolute Gasteiger partial charge is 0.480 e. The first-order valence-corrected chi connectivity index (χ1v) is 6.56. The predicted molar refractivity (Wildman–Crippen MR) is 70.2 cm³/mol. The molecule has 1 fully saturated rings. The van der Waals surface area contributed by atoms with Gasteiger partial charge >= 0.3 is 5.97 Å². The number of carbonyl (C=O) groups is 1. The molecule has 5 N–H and O–H groups in total. The summed E-state index contributed by atoms with van der Waals surface area (Å²) in [6.07, 6.45) is 5.31. The Bertz CT molecular complexity index is 307. The molecule has 5 heteroatoms. The molecular weight excluding hydrogens is 232 g/mol. The number of carboxylic acid groups (broad SMARTS) is 1. The minimum absolute atomic E-state index is 0.0672. The van der Waals surface area contributed by atoms with E-state index in [2.05, 4.69) is 5.32 Å². The second-order valence-electron chi connectivity index (χ2n) is 4.94. The van der Waals surface area contributed by atoms with Crippen LogP contribution in [0.2, 0.25) is 0 Å². The lowest BCUT2D eigenvalue weighted by Crippen LogP contribution is -2.53. The fourth-order valence-electron chi connectivity index (χ4n) is 2.58. The lowest BCUT2D eigenvalue weighted by atomic mass is 9.89. The van der Waals surface area contributed by atoms with E-state index in [-0.39, 0.29) is 12.0 Å². The Morgan fingerprint density at radius 3 is 2.78 bits per heavy atom. The van der Waals surface area contributed by atoms with Gasteiger partial charge < -0.3 is 15.9 Å². The summed E-state index contributed by atoms with van der Waals surface area (Å²) < 4.78 is 0. The topological polar surface area (TPSA) is 95.6 Å². The first kappa shape index (κ1) is 15.1. The summed E-state index contributed by atoms with van der Waals surface area (Å²) in [6, 6.07) is -1.18. The van der Waals surface area contributed by atoms with E-state index in [9.17, 15) is 9.90 Å². The van der Waals surface area contributed by atoms with Crippen LogP contribution >= 0.6 is 0 Å². The lowest BCUT2D eigenvalue weighted by Gasteiger charge is -2.28. The molecule has 0 aromatic heterocycles. The van der Waals surface area contributed by atoms with Gasteiger partial charge in [0.05, 0.1) is 6.10 Å². The highest BCUT2D eigenvalue weighted by Crippen LogP contribution is 2.25. The number of nitrogens with two attached hydrogens (primary N) is 1. The molecule has 4 unspecified atom stereocenters. The van der Waals surface area contributed by atoms with Crippen LogP contribution in [-0.2, 0) is 4.79 Å². The molecule has 18 heavy (non-hydrogen) atoms. The number of allylic oxidation sites excluding steroid dienone is 1. The SMILES string of the molecule is C/C=C\C1CC(C(=O)O)NC1C(N)[C@@H](O)CCC. The highest BCUT2D eigenvalue weighted by molar-refractivity contribution is 5.74. The van der Waals surface area contributed by atoms with Crippen LogP contribution in [0.5, 0.6) is 0 Å². The zero-order valence-corrected chi connectivity index (χ0v) is 11.0. The maximum atomic E-state index is 11.0. The van der Waals surface area contributed by atoms with Crippen LogP contribution in [0.4, 0.5) is 0 Å². The smallest absolute Gasteiger partial charge is 0.320 e. The molecule has 5 atom stereocenters. The zero-order valence-electron chi connectivity index (χ0n) is 11.0. The second kappa shape index (κ2) is 6.87. The van der Waals surface area contributed by atoms with Gasteiger partial charge in [-0.15, -0.1) is 0 Å². The van der Waals surface area contributed by atoms with Gasteiger partial charge in [0.1, 0.15) is 6.04 Å². The van der Waals surface area contributed by atoms with Crippen molar-refractivity contribution in [2.45, 2.75) is 57.3 Å². The van der Waals surface area contributed by atoms with Gasteiger partial charge in [0, 0.05) is 12.1 Å². The number of aliphatic hydroxyl groups is 1. The molecule has 0 amide bonds. The molecule has 0 spiro atoms. The van der Waals surface area contributed by atoms with Crippen LogP contribution in [0.3, 0.4) is 0 Å². The second-order valence-corrected chi connectivity index (χ2v) is 4.94. The Labute approximate surface area is 108 Å². The molecule has 0 aliphatic carbocycles. The van der Waals surface area contributed by atoms with Crippen LogP contribution in [0.25, 0.3) is 0 Å². The molecule has 0 aromatic carbocycles. The summed E-state index contributed by atoms with van der Waals surface area (Å²) in [5.41, 5.74) is 6.05. The Hall–Kier alpha value is -0.910. The Kier molecular flexibility index (Phi) is 5.78. The van der Waals surface area contributed by atoms with Crippen molar-refractivity contribution in [2.24, 2.45) is 11.7 Å². The van der Waals surface area contributed by atoms with Crippen LogP contribution in [0, 0.1) is 5.92 Å². The lowest BCUT2D eigenvalue weighted by molar-refractivity contribution is -0.139. The predicted octanol–water partition coefficient (Wildman–Crippen LogP) is 0.482. The van der Waals surface area contributed by atoms with E-state index >= 15 is 0 Å². The average molecular weight is 256 g/mol. The summed E-state index contributed by atoms with van der Waals surface area (Å²) >= 11 is 0. The van der Waals surface area contributed by atoms with Gasteiger partial charge in [0.15, 0.2) is 0 Å². The standard InChI is InChI=1S/C13H24N2O3/c1-3-5-8-7-9(13(17)18)15-12(8)11(14)10(16)6-4-2/h3,5,8-12,15-16H,4,6-7,14H2,1-2H3,(H,17,18)/b5-3-/t8?,9?,10-,11?,12?/m0/s1. The number of aliphatic carboxylic acids is 1. The Morgan fingerprint density at radius 2 is 2.28 bits per heavy atom. The Balaban J connectivity index is 2.74. The maximum absolute atomic E-state index is 11.0. The van der Waals surface area contributed by atoms with E-state index in [0.717, 1.165) is 6.42 Å². The summed E-state index contributed by atoms with van der Waals surface area (Å²) in [5, 5.41) is 22.0. The summed E-state index contributed by atoms with van der Waals surface area (Å²) in [6.45, 7) is 3.89. The molecule has 1 heterocycles. The van der Waals surface area contributed by atoms with Crippen molar-refractivity contribution in [3.05, 3.63) is 12.2 Å². The fraction of sp³-hybridized carbons (Fsp3) is 0.769. The van der Waals surface area contributed by atoms with Gasteiger partial charge in [-0.2, -0.15) is 0 Å². The van der Waals surface area contributed by atoms with Gasteiger partial charge in [0.2, 0.25) is 0 Å². The fourth-order valence-corrected chi connectivity index (χ4v) is 2.58. The number of hydrogen-bond acceptors (Lipinski definition) is 4. The third-order valence-corrected chi connectivity index (χ3v) is 3.54.